The highest BCUT2D eigenvalue weighted by atomic mass is 19.4. The van der Waals surface area contributed by atoms with Crippen molar-refractivity contribution in [3.05, 3.63) is 83.7 Å². The van der Waals surface area contributed by atoms with Crippen molar-refractivity contribution in [2.45, 2.75) is 19.2 Å². The summed E-state index contributed by atoms with van der Waals surface area (Å²) in [5, 5.41) is 4.19. The molecule has 26 heavy (non-hydrogen) atoms. The summed E-state index contributed by atoms with van der Waals surface area (Å²) in [7, 11) is 0. The highest BCUT2D eigenvalue weighted by Gasteiger charge is 2.29. The van der Waals surface area contributed by atoms with E-state index in [4.69, 9.17) is 4.74 Å². The molecular formula is C19H15F3N2O2. The monoisotopic (exact) mass is 360 g/mol. The zero-order valence-corrected chi connectivity index (χ0v) is 13.6. The fourth-order valence-corrected chi connectivity index (χ4v) is 2.34. The molecule has 0 aliphatic carbocycles. The third-order valence-electron chi connectivity index (χ3n) is 3.69. The van der Waals surface area contributed by atoms with E-state index in [2.05, 4.69) is 5.10 Å². The Bertz CT molecular complexity index is 872. The Kier molecular flexibility index (Phi) is 5.06. The Morgan fingerprint density at radius 3 is 2.35 bits per heavy atom. The normalized spacial score (nSPS) is 11.3. The van der Waals surface area contributed by atoms with Gasteiger partial charge in [-0.25, -0.2) is 4.68 Å². The number of carbonyl (C=O) groups is 1. The molecular weight excluding hydrogens is 345 g/mol. The van der Waals surface area contributed by atoms with Crippen LogP contribution in [0.25, 0.3) is 5.69 Å². The van der Waals surface area contributed by atoms with Crippen LogP contribution in [0.3, 0.4) is 0 Å². The zero-order valence-electron chi connectivity index (χ0n) is 13.6. The lowest BCUT2D eigenvalue weighted by Crippen LogP contribution is -2.08. The molecule has 3 aromatic rings. The lowest BCUT2D eigenvalue weighted by molar-refractivity contribution is -0.144. The van der Waals surface area contributed by atoms with Crippen LogP contribution >= 0.6 is 0 Å². The van der Waals surface area contributed by atoms with E-state index in [-0.39, 0.29) is 13.0 Å². The summed E-state index contributed by atoms with van der Waals surface area (Å²) in [6.45, 7) is -0.0796. The highest BCUT2D eigenvalue weighted by Crippen LogP contribution is 2.29. The number of hydrogen-bond acceptors (Lipinski definition) is 3. The third kappa shape index (κ3) is 4.50. The maximum absolute atomic E-state index is 12.5. The smallest absolute Gasteiger partial charge is 0.416 e. The van der Waals surface area contributed by atoms with Gasteiger partial charge in [0.15, 0.2) is 0 Å². The number of ether oxygens (including phenoxy) is 1. The number of benzene rings is 2. The first kappa shape index (κ1) is 17.7. The number of nitrogens with zero attached hydrogens (tertiary/aromatic N) is 2. The Morgan fingerprint density at radius 2 is 1.69 bits per heavy atom. The number of hydrogen-bond donors (Lipinski definition) is 0. The first-order chi connectivity index (χ1) is 12.4. The average Bonchev–Trinajstić information content (AvgIpc) is 3.09. The standard InChI is InChI=1S/C19H15F3N2O2/c20-19(21,22)16-8-6-14(7-9-16)13-26-18(25)10-15-11-23-24(12-15)17-4-2-1-3-5-17/h1-9,11-12H,10,13H2. The maximum Gasteiger partial charge on any atom is 0.416 e. The van der Waals surface area contributed by atoms with Crippen molar-refractivity contribution >= 4 is 5.97 Å². The summed E-state index contributed by atoms with van der Waals surface area (Å²) in [6.07, 6.45) is -1.04. The van der Waals surface area contributed by atoms with Crippen molar-refractivity contribution in [1.29, 1.82) is 0 Å². The van der Waals surface area contributed by atoms with E-state index in [9.17, 15) is 18.0 Å². The number of alkyl halides is 3. The van der Waals surface area contributed by atoms with Gasteiger partial charge in [0.2, 0.25) is 0 Å². The minimum absolute atomic E-state index is 0.0352. The molecule has 0 amide bonds. The molecule has 0 atom stereocenters. The molecule has 3 rings (SSSR count). The van der Waals surface area contributed by atoms with Crippen molar-refractivity contribution in [1.82, 2.24) is 9.78 Å². The van der Waals surface area contributed by atoms with Crippen molar-refractivity contribution in [3.8, 4) is 5.69 Å². The van der Waals surface area contributed by atoms with Gasteiger partial charge in [0.05, 0.1) is 23.9 Å². The molecule has 0 aliphatic rings. The molecule has 0 saturated heterocycles. The van der Waals surface area contributed by atoms with Crippen molar-refractivity contribution in [2.24, 2.45) is 0 Å². The largest absolute Gasteiger partial charge is 0.461 e. The molecule has 0 bridgehead atoms. The van der Waals surface area contributed by atoms with Gasteiger partial charge in [-0.1, -0.05) is 30.3 Å². The van der Waals surface area contributed by atoms with Crippen LogP contribution < -0.4 is 0 Å². The van der Waals surface area contributed by atoms with Gasteiger partial charge in [-0.2, -0.15) is 18.3 Å². The predicted molar refractivity (Wildman–Crippen MR) is 88.5 cm³/mol. The van der Waals surface area contributed by atoms with Crippen LogP contribution in [0.5, 0.6) is 0 Å². The summed E-state index contributed by atoms with van der Waals surface area (Å²) in [4.78, 5) is 11.9. The van der Waals surface area contributed by atoms with Crippen LogP contribution in [0.4, 0.5) is 13.2 Å². The lowest BCUT2D eigenvalue weighted by atomic mass is 10.1. The van der Waals surface area contributed by atoms with Crippen molar-refractivity contribution < 1.29 is 22.7 Å². The van der Waals surface area contributed by atoms with E-state index in [0.717, 1.165) is 17.8 Å². The highest BCUT2D eigenvalue weighted by molar-refractivity contribution is 5.72. The Labute approximate surface area is 147 Å². The molecule has 0 aliphatic heterocycles. The number of halogens is 3. The number of esters is 1. The molecule has 1 aromatic heterocycles. The zero-order chi connectivity index (χ0) is 18.6. The van der Waals surface area contributed by atoms with E-state index in [1.165, 1.54) is 12.1 Å². The molecule has 0 spiro atoms. The number of rotatable bonds is 5. The molecule has 2 aromatic carbocycles. The second-order valence-electron chi connectivity index (χ2n) is 5.66. The predicted octanol–water partition coefficient (Wildman–Crippen LogP) is 4.18. The summed E-state index contributed by atoms with van der Waals surface area (Å²) >= 11 is 0. The quantitative estimate of drug-likeness (QED) is 0.641. The van der Waals surface area contributed by atoms with Gasteiger partial charge in [0, 0.05) is 11.8 Å². The van der Waals surface area contributed by atoms with Crippen LogP contribution in [0, 0.1) is 0 Å². The molecule has 0 radical (unpaired) electrons. The Balaban J connectivity index is 1.54. The number of para-hydroxylation sites is 1. The number of aromatic nitrogens is 2. The van der Waals surface area contributed by atoms with Crippen LogP contribution in [-0.4, -0.2) is 15.7 Å². The van der Waals surface area contributed by atoms with Gasteiger partial charge in [0.25, 0.3) is 0 Å². The van der Waals surface area contributed by atoms with Gasteiger partial charge < -0.3 is 4.74 Å². The first-order valence-electron chi connectivity index (χ1n) is 7.82. The van der Waals surface area contributed by atoms with Crippen LogP contribution in [0.15, 0.2) is 67.0 Å². The third-order valence-corrected chi connectivity index (χ3v) is 3.69. The second-order valence-corrected chi connectivity index (χ2v) is 5.66. The molecule has 0 unspecified atom stereocenters. The summed E-state index contributed by atoms with van der Waals surface area (Å²) in [6, 6.07) is 14.0. The van der Waals surface area contributed by atoms with Gasteiger partial charge in [0.1, 0.15) is 6.61 Å². The van der Waals surface area contributed by atoms with E-state index < -0.39 is 17.7 Å². The SMILES string of the molecule is O=C(Cc1cnn(-c2ccccc2)c1)OCc1ccc(C(F)(F)F)cc1. The van der Waals surface area contributed by atoms with E-state index in [0.29, 0.717) is 11.1 Å². The summed E-state index contributed by atoms with van der Waals surface area (Å²) in [5.41, 5.74) is 1.32. The second kappa shape index (κ2) is 7.43. The van der Waals surface area contributed by atoms with E-state index >= 15 is 0 Å². The molecule has 134 valence electrons. The topological polar surface area (TPSA) is 44.1 Å². The molecule has 4 nitrogen and oxygen atoms in total. The number of carbonyl (C=O) groups excluding carboxylic acids is 1. The van der Waals surface area contributed by atoms with Crippen molar-refractivity contribution in [2.75, 3.05) is 0 Å². The van der Waals surface area contributed by atoms with Crippen LogP contribution in [-0.2, 0) is 28.7 Å². The average molecular weight is 360 g/mol. The van der Waals surface area contributed by atoms with Gasteiger partial charge in [-0.3, -0.25) is 4.79 Å². The first-order valence-corrected chi connectivity index (χ1v) is 7.82. The van der Waals surface area contributed by atoms with Gasteiger partial charge in [-0.15, -0.1) is 0 Å². The minimum atomic E-state index is -4.38. The van der Waals surface area contributed by atoms with E-state index in [1.807, 2.05) is 30.3 Å². The van der Waals surface area contributed by atoms with Gasteiger partial charge >= 0.3 is 12.1 Å². The Hall–Kier alpha value is -3.09. The van der Waals surface area contributed by atoms with E-state index in [1.54, 1.807) is 17.1 Å². The summed E-state index contributed by atoms with van der Waals surface area (Å²) < 4.78 is 44.3. The minimum Gasteiger partial charge on any atom is -0.461 e. The Morgan fingerprint density at radius 1 is 1.00 bits per heavy atom. The molecule has 0 fully saturated rings. The van der Waals surface area contributed by atoms with Crippen LogP contribution in [0.1, 0.15) is 16.7 Å². The fraction of sp³-hybridized carbons (Fsp3) is 0.158. The van der Waals surface area contributed by atoms with Crippen molar-refractivity contribution in [3.63, 3.8) is 0 Å². The summed E-state index contributed by atoms with van der Waals surface area (Å²) in [5.74, 6) is -0.475. The lowest BCUT2D eigenvalue weighted by Gasteiger charge is -2.08. The maximum atomic E-state index is 12.5. The molecule has 1 heterocycles. The van der Waals surface area contributed by atoms with Gasteiger partial charge in [-0.05, 0) is 29.8 Å². The molecule has 7 heteroatoms. The van der Waals surface area contributed by atoms with Crippen LogP contribution in [0.2, 0.25) is 0 Å². The molecule has 0 saturated carbocycles. The molecule has 0 N–H and O–H groups in total. The fourth-order valence-electron chi connectivity index (χ4n) is 2.34.